The third-order valence-electron chi connectivity index (χ3n) is 2.94. The van der Waals surface area contributed by atoms with Gasteiger partial charge in [-0.1, -0.05) is 6.07 Å². The SMILES string of the molecule is CN(Cc1ccc(F)c(I)c1)C1CCOC1. The third kappa shape index (κ3) is 2.93. The summed E-state index contributed by atoms with van der Waals surface area (Å²) in [4.78, 5) is 2.27. The number of nitrogens with zero attached hydrogens (tertiary/aromatic N) is 1. The van der Waals surface area contributed by atoms with E-state index in [0.29, 0.717) is 9.61 Å². The second-order valence-corrected chi connectivity index (χ2v) is 5.34. The van der Waals surface area contributed by atoms with Crippen molar-refractivity contribution in [3.63, 3.8) is 0 Å². The van der Waals surface area contributed by atoms with Crippen molar-refractivity contribution >= 4 is 22.6 Å². The van der Waals surface area contributed by atoms with Gasteiger partial charge in [-0.15, -0.1) is 0 Å². The summed E-state index contributed by atoms with van der Waals surface area (Å²) in [6.45, 7) is 2.52. The molecule has 0 saturated carbocycles. The van der Waals surface area contributed by atoms with Crippen molar-refractivity contribution in [2.45, 2.75) is 19.0 Å². The highest BCUT2D eigenvalue weighted by molar-refractivity contribution is 14.1. The van der Waals surface area contributed by atoms with Crippen LogP contribution in [0.5, 0.6) is 0 Å². The molecule has 88 valence electrons. The molecule has 2 nitrogen and oxygen atoms in total. The van der Waals surface area contributed by atoms with Crippen molar-refractivity contribution in [2.75, 3.05) is 20.3 Å². The van der Waals surface area contributed by atoms with Crippen LogP contribution in [0.25, 0.3) is 0 Å². The number of likely N-dealkylation sites (N-methyl/N-ethyl adjacent to an activating group) is 1. The first-order valence-corrected chi connectivity index (χ1v) is 6.46. The molecule has 0 aliphatic carbocycles. The van der Waals surface area contributed by atoms with Gasteiger partial charge in [0.25, 0.3) is 0 Å². The number of benzene rings is 1. The Hall–Kier alpha value is -0.200. The standard InChI is InChI=1S/C12H15FINO/c1-15(10-4-5-16-8-10)7-9-2-3-11(13)12(14)6-9/h2-3,6,10H,4-5,7-8H2,1H3. The molecule has 0 N–H and O–H groups in total. The van der Waals surface area contributed by atoms with Gasteiger partial charge in [-0.3, -0.25) is 4.90 Å². The Balaban J connectivity index is 1.99. The fourth-order valence-electron chi connectivity index (χ4n) is 1.92. The van der Waals surface area contributed by atoms with Crippen molar-refractivity contribution in [1.82, 2.24) is 4.90 Å². The zero-order chi connectivity index (χ0) is 11.5. The highest BCUT2D eigenvalue weighted by Crippen LogP contribution is 2.17. The lowest BCUT2D eigenvalue weighted by Crippen LogP contribution is -2.31. The molecule has 0 radical (unpaired) electrons. The largest absolute Gasteiger partial charge is 0.380 e. The van der Waals surface area contributed by atoms with Crippen LogP contribution in [-0.4, -0.2) is 31.2 Å². The van der Waals surface area contributed by atoms with Gasteiger partial charge < -0.3 is 4.74 Å². The molecular formula is C12H15FINO. The van der Waals surface area contributed by atoms with Gasteiger partial charge in [0.2, 0.25) is 0 Å². The molecule has 1 unspecified atom stereocenters. The lowest BCUT2D eigenvalue weighted by molar-refractivity contribution is 0.156. The first kappa shape index (κ1) is 12.3. The van der Waals surface area contributed by atoms with E-state index >= 15 is 0 Å². The van der Waals surface area contributed by atoms with Gasteiger partial charge in [-0.2, -0.15) is 0 Å². The number of ether oxygens (including phenoxy) is 1. The van der Waals surface area contributed by atoms with Crippen molar-refractivity contribution in [3.05, 3.63) is 33.1 Å². The normalized spacial score (nSPS) is 20.6. The molecule has 1 heterocycles. The van der Waals surface area contributed by atoms with E-state index in [2.05, 4.69) is 11.9 Å². The fraction of sp³-hybridized carbons (Fsp3) is 0.500. The highest BCUT2D eigenvalue weighted by Gasteiger charge is 2.20. The van der Waals surface area contributed by atoms with Crippen LogP contribution in [0.4, 0.5) is 4.39 Å². The summed E-state index contributed by atoms with van der Waals surface area (Å²) in [6, 6.07) is 5.80. The molecule has 1 aromatic carbocycles. The van der Waals surface area contributed by atoms with Crippen LogP contribution in [0.1, 0.15) is 12.0 Å². The van der Waals surface area contributed by atoms with Gasteiger partial charge in [-0.25, -0.2) is 4.39 Å². The number of rotatable bonds is 3. The number of hydrogen-bond donors (Lipinski definition) is 0. The molecule has 0 spiro atoms. The highest BCUT2D eigenvalue weighted by atomic mass is 127. The van der Waals surface area contributed by atoms with E-state index in [0.717, 1.165) is 31.7 Å². The predicted molar refractivity (Wildman–Crippen MR) is 69.8 cm³/mol. The van der Waals surface area contributed by atoms with Crippen molar-refractivity contribution in [1.29, 1.82) is 0 Å². The van der Waals surface area contributed by atoms with Crippen LogP contribution in [0.2, 0.25) is 0 Å². The van der Waals surface area contributed by atoms with Gasteiger partial charge in [0.1, 0.15) is 5.82 Å². The summed E-state index contributed by atoms with van der Waals surface area (Å²) < 4.78 is 19.1. The maximum atomic E-state index is 13.1. The monoisotopic (exact) mass is 335 g/mol. The van der Waals surface area contributed by atoms with E-state index in [1.807, 2.05) is 34.7 Å². The minimum atomic E-state index is -0.142. The third-order valence-corrected chi connectivity index (χ3v) is 3.77. The van der Waals surface area contributed by atoms with Crippen molar-refractivity contribution in [3.8, 4) is 0 Å². The Morgan fingerprint density at radius 1 is 1.56 bits per heavy atom. The van der Waals surface area contributed by atoms with E-state index in [1.54, 1.807) is 0 Å². The summed E-state index contributed by atoms with van der Waals surface area (Å²) in [6.07, 6.45) is 1.09. The minimum Gasteiger partial charge on any atom is -0.380 e. The van der Waals surface area contributed by atoms with E-state index in [9.17, 15) is 4.39 Å². The average Bonchev–Trinajstić information content (AvgIpc) is 2.77. The zero-order valence-corrected chi connectivity index (χ0v) is 11.4. The molecule has 1 saturated heterocycles. The molecule has 2 rings (SSSR count). The molecule has 1 fully saturated rings. The van der Waals surface area contributed by atoms with E-state index in [-0.39, 0.29) is 5.82 Å². The van der Waals surface area contributed by atoms with Crippen molar-refractivity contribution < 1.29 is 9.13 Å². The van der Waals surface area contributed by atoms with Gasteiger partial charge in [0, 0.05) is 22.8 Å². The van der Waals surface area contributed by atoms with Crippen LogP contribution < -0.4 is 0 Å². The molecule has 0 aromatic heterocycles. The maximum Gasteiger partial charge on any atom is 0.136 e. The van der Waals surface area contributed by atoms with E-state index in [1.165, 1.54) is 6.07 Å². The van der Waals surface area contributed by atoms with Gasteiger partial charge in [-0.05, 0) is 53.8 Å². The smallest absolute Gasteiger partial charge is 0.136 e. The molecule has 4 heteroatoms. The van der Waals surface area contributed by atoms with Crippen LogP contribution in [0, 0.1) is 9.39 Å². The Morgan fingerprint density at radius 2 is 2.38 bits per heavy atom. The Kier molecular flexibility index (Phi) is 4.16. The average molecular weight is 335 g/mol. The quantitative estimate of drug-likeness (QED) is 0.788. The number of halogens is 2. The molecule has 16 heavy (non-hydrogen) atoms. The van der Waals surface area contributed by atoms with Gasteiger partial charge in [0.15, 0.2) is 0 Å². The maximum absolute atomic E-state index is 13.1. The summed E-state index contributed by atoms with van der Waals surface area (Å²) >= 11 is 2.03. The molecule has 1 aliphatic heterocycles. The summed E-state index contributed by atoms with van der Waals surface area (Å²) in [5.41, 5.74) is 1.15. The van der Waals surface area contributed by atoms with Gasteiger partial charge in [0.05, 0.1) is 6.61 Å². The molecule has 1 atom stereocenters. The summed E-state index contributed by atoms with van der Waals surface area (Å²) in [5.74, 6) is -0.142. The predicted octanol–water partition coefficient (Wildman–Crippen LogP) is 2.65. The van der Waals surface area contributed by atoms with Gasteiger partial charge >= 0.3 is 0 Å². The number of hydrogen-bond acceptors (Lipinski definition) is 2. The molecular weight excluding hydrogens is 320 g/mol. The van der Waals surface area contributed by atoms with Crippen LogP contribution in [0.15, 0.2) is 18.2 Å². The van der Waals surface area contributed by atoms with Crippen LogP contribution >= 0.6 is 22.6 Å². The molecule has 1 aromatic rings. The first-order chi connectivity index (χ1) is 7.66. The van der Waals surface area contributed by atoms with E-state index in [4.69, 9.17) is 4.74 Å². The summed E-state index contributed by atoms with van der Waals surface area (Å²) in [5, 5.41) is 0. The second-order valence-electron chi connectivity index (χ2n) is 4.18. The Bertz CT molecular complexity index is 366. The lowest BCUT2D eigenvalue weighted by atomic mass is 10.1. The topological polar surface area (TPSA) is 12.5 Å². The zero-order valence-electron chi connectivity index (χ0n) is 9.25. The molecule has 0 bridgehead atoms. The Morgan fingerprint density at radius 3 is 3.00 bits per heavy atom. The lowest BCUT2D eigenvalue weighted by Gasteiger charge is -2.22. The fourth-order valence-corrected chi connectivity index (χ4v) is 2.50. The minimum absolute atomic E-state index is 0.142. The Labute approximate surface area is 109 Å². The van der Waals surface area contributed by atoms with E-state index < -0.39 is 0 Å². The van der Waals surface area contributed by atoms with Crippen LogP contribution in [-0.2, 0) is 11.3 Å². The molecule has 0 amide bonds. The van der Waals surface area contributed by atoms with Crippen LogP contribution in [0.3, 0.4) is 0 Å². The molecule has 1 aliphatic rings. The summed E-state index contributed by atoms with van der Waals surface area (Å²) in [7, 11) is 2.09. The second kappa shape index (κ2) is 5.42. The first-order valence-electron chi connectivity index (χ1n) is 5.39. The van der Waals surface area contributed by atoms with Crippen molar-refractivity contribution in [2.24, 2.45) is 0 Å².